The summed E-state index contributed by atoms with van der Waals surface area (Å²) in [5.74, 6) is 0.395. The zero-order chi connectivity index (χ0) is 12.0. The fraction of sp³-hybridized carbons (Fsp3) is 0.500. The van der Waals surface area contributed by atoms with Crippen molar-refractivity contribution >= 4 is 5.69 Å². The average Bonchev–Trinajstić information content (AvgIpc) is 2.24. The largest absolute Gasteiger partial charge is 0.495 e. The van der Waals surface area contributed by atoms with Gasteiger partial charge in [-0.05, 0) is 12.1 Å². The Morgan fingerprint density at radius 2 is 2.06 bits per heavy atom. The first-order chi connectivity index (χ1) is 7.63. The molecule has 1 rings (SSSR count). The third kappa shape index (κ3) is 4.06. The smallest absolute Gasteiger partial charge is 0.142 e. The lowest BCUT2D eigenvalue weighted by atomic mass is 10.3. The molecule has 0 aliphatic rings. The van der Waals surface area contributed by atoms with Gasteiger partial charge in [0.1, 0.15) is 11.6 Å². The summed E-state index contributed by atoms with van der Waals surface area (Å²) in [5.41, 5.74) is 0.688. The van der Waals surface area contributed by atoms with Crippen LogP contribution in [0.5, 0.6) is 5.75 Å². The molecule has 0 radical (unpaired) electrons. The molecule has 0 aliphatic carbocycles. The maximum absolute atomic E-state index is 13.0. The van der Waals surface area contributed by atoms with Gasteiger partial charge < -0.3 is 15.4 Å². The lowest BCUT2D eigenvalue weighted by Crippen LogP contribution is -2.28. The van der Waals surface area contributed by atoms with Gasteiger partial charge in [0.25, 0.3) is 0 Å². The van der Waals surface area contributed by atoms with E-state index in [0.29, 0.717) is 17.5 Å². The first kappa shape index (κ1) is 12.8. The van der Waals surface area contributed by atoms with Crippen molar-refractivity contribution in [1.82, 2.24) is 5.32 Å². The molecule has 0 aromatic heterocycles. The maximum atomic E-state index is 13.0. The molecule has 0 saturated carbocycles. The highest BCUT2D eigenvalue weighted by Crippen LogP contribution is 2.24. The van der Waals surface area contributed by atoms with Gasteiger partial charge in [0.05, 0.1) is 12.8 Å². The second-order valence-electron chi connectivity index (χ2n) is 3.88. The van der Waals surface area contributed by atoms with Crippen LogP contribution in [0, 0.1) is 5.82 Å². The molecule has 90 valence electrons. The monoisotopic (exact) mass is 226 g/mol. The molecule has 0 saturated heterocycles. The second kappa shape index (κ2) is 6.33. The number of halogens is 1. The summed E-state index contributed by atoms with van der Waals surface area (Å²) >= 11 is 0. The highest BCUT2D eigenvalue weighted by Gasteiger charge is 2.03. The Hall–Kier alpha value is -1.29. The minimum atomic E-state index is -0.264. The van der Waals surface area contributed by atoms with Gasteiger partial charge in [0.2, 0.25) is 0 Å². The fourth-order valence-corrected chi connectivity index (χ4v) is 1.38. The Morgan fingerprint density at radius 3 is 2.69 bits per heavy atom. The first-order valence-corrected chi connectivity index (χ1v) is 5.44. The van der Waals surface area contributed by atoms with Crippen molar-refractivity contribution in [3.8, 4) is 5.75 Å². The predicted molar refractivity (Wildman–Crippen MR) is 64.6 cm³/mol. The van der Waals surface area contributed by atoms with E-state index in [0.717, 1.165) is 13.1 Å². The number of anilines is 1. The van der Waals surface area contributed by atoms with Crippen LogP contribution >= 0.6 is 0 Å². The third-order valence-corrected chi connectivity index (χ3v) is 2.15. The summed E-state index contributed by atoms with van der Waals surface area (Å²) in [6.45, 7) is 5.74. The van der Waals surface area contributed by atoms with E-state index < -0.39 is 0 Å². The Labute approximate surface area is 96.0 Å². The quantitative estimate of drug-likeness (QED) is 0.730. The lowest BCUT2D eigenvalue weighted by Gasteiger charge is -2.12. The van der Waals surface area contributed by atoms with Gasteiger partial charge in [-0.15, -0.1) is 0 Å². The van der Waals surface area contributed by atoms with E-state index in [2.05, 4.69) is 24.5 Å². The van der Waals surface area contributed by atoms with Crippen molar-refractivity contribution in [2.45, 2.75) is 19.9 Å². The summed E-state index contributed by atoms with van der Waals surface area (Å²) in [5, 5.41) is 6.40. The van der Waals surface area contributed by atoms with Gasteiger partial charge in [-0.2, -0.15) is 0 Å². The van der Waals surface area contributed by atoms with Gasteiger partial charge >= 0.3 is 0 Å². The van der Waals surface area contributed by atoms with Crippen molar-refractivity contribution in [2.75, 3.05) is 25.5 Å². The minimum absolute atomic E-state index is 0.264. The van der Waals surface area contributed by atoms with E-state index in [1.54, 1.807) is 13.2 Å². The highest BCUT2D eigenvalue weighted by molar-refractivity contribution is 5.56. The number of methoxy groups -OCH3 is 1. The standard InChI is InChI=1S/C12H19FN2O/c1-9(2)14-6-7-15-11-8-10(13)4-5-12(11)16-3/h4-5,8-9,14-15H,6-7H2,1-3H3. The molecule has 0 fully saturated rings. The molecule has 0 bridgehead atoms. The second-order valence-corrected chi connectivity index (χ2v) is 3.88. The van der Waals surface area contributed by atoms with Gasteiger partial charge in [0, 0.05) is 25.2 Å². The van der Waals surface area contributed by atoms with E-state index in [1.807, 2.05) is 0 Å². The molecule has 1 aromatic carbocycles. The summed E-state index contributed by atoms with van der Waals surface area (Å²) in [7, 11) is 1.57. The Balaban J connectivity index is 2.48. The molecular formula is C12H19FN2O. The SMILES string of the molecule is COc1ccc(F)cc1NCCNC(C)C. The third-order valence-electron chi connectivity index (χ3n) is 2.15. The molecule has 0 atom stereocenters. The van der Waals surface area contributed by atoms with E-state index in [1.165, 1.54) is 12.1 Å². The first-order valence-electron chi connectivity index (χ1n) is 5.44. The zero-order valence-corrected chi connectivity index (χ0v) is 10.0. The molecule has 0 spiro atoms. The van der Waals surface area contributed by atoms with E-state index in [9.17, 15) is 4.39 Å². The predicted octanol–water partition coefficient (Wildman–Crippen LogP) is 2.24. The van der Waals surface area contributed by atoms with Crippen LogP contribution in [0.1, 0.15) is 13.8 Å². The normalized spacial score (nSPS) is 10.6. The molecule has 0 aliphatic heterocycles. The minimum Gasteiger partial charge on any atom is -0.495 e. The summed E-state index contributed by atoms with van der Waals surface area (Å²) in [6.07, 6.45) is 0. The van der Waals surface area contributed by atoms with Gasteiger partial charge in [-0.3, -0.25) is 0 Å². The van der Waals surface area contributed by atoms with Crippen molar-refractivity contribution in [2.24, 2.45) is 0 Å². The molecule has 2 N–H and O–H groups in total. The van der Waals surface area contributed by atoms with Crippen LogP contribution in [0.15, 0.2) is 18.2 Å². The maximum Gasteiger partial charge on any atom is 0.142 e. The number of ether oxygens (including phenoxy) is 1. The number of hydrogen-bond acceptors (Lipinski definition) is 3. The molecular weight excluding hydrogens is 207 g/mol. The Kier molecular flexibility index (Phi) is 5.05. The van der Waals surface area contributed by atoms with E-state index in [-0.39, 0.29) is 5.82 Å². The van der Waals surface area contributed by atoms with Crippen LogP contribution in [0.2, 0.25) is 0 Å². The summed E-state index contributed by atoms with van der Waals surface area (Å²) in [6, 6.07) is 4.90. The van der Waals surface area contributed by atoms with Gasteiger partial charge in [0.15, 0.2) is 0 Å². The Bertz CT molecular complexity index is 329. The summed E-state index contributed by atoms with van der Waals surface area (Å²) < 4.78 is 18.1. The van der Waals surface area contributed by atoms with Crippen molar-refractivity contribution < 1.29 is 9.13 Å². The molecule has 0 heterocycles. The highest BCUT2D eigenvalue weighted by atomic mass is 19.1. The van der Waals surface area contributed by atoms with Crippen LogP contribution in [-0.2, 0) is 0 Å². The lowest BCUT2D eigenvalue weighted by molar-refractivity contribution is 0.415. The number of hydrogen-bond donors (Lipinski definition) is 2. The van der Waals surface area contributed by atoms with Gasteiger partial charge in [-0.25, -0.2) is 4.39 Å². The molecule has 0 amide bonds. The molecule has 16 heavy (non-hydrogen) atoms. The van der Waals surface area contributed by atoms with Crippen molar-refractivity contribution in [3.63, 3.8) is 0 Å². The van der Waals surface area contributed by atoms with Crippen LogP contribution in [0.3, 0.4) is 0 Å². The number of benzene rings is 1. The zero-order valence-electron chi connectivity index (χ0n) is 10.0. The molecule has 4 heteroatoms. The number of rotatable bonds is 6. The Morgan fingerprint density at radius 1 is 1.31 bits per heavy atom. The van der Waals surface area contributed by atoms with E-state index >= 15 is 0 Å². The van der Waals surface area contributed by atoms with Crippen LogP contribution in [0.25, 0.3) is 0 Å². The van der Waals surface area contributed by atoms with Crippen LogP contribution in [-0.4, -0.2) is 26.2 Å². The van der Waals surface area contributed by atoms with Crippen LogP contribution in [0.4, 0.5) is 10.1 Å². The molecule has 0 unspecified atom stereocenters. The molecule has 3 nitrogen and oxygen atoms in total. The van der Waals surface area contributed by atoms with Crippen molar-refractivity contribution in [1.29, 1.82) is 0 Å². The average molecular weight is 226 g/mol. The van der Waals surface area contributed by atoms with Crippen molar-refractivity contribution in [3.05, 3.63) is 24.0 Å². The fourth-order valence-electron chi connectivity index (χ4n) is 1.38. The van der Waals surface area contributed by atoms with Crippen LogP contribution < -0.4 is 15.4 Å². The van der Waals surface area contributed by atoms with Gasteiger partial charge in [-0.1, -0.05) is 13.8 Å². The van der Waals surface area contributed by atoms with E-state index in [4.69, 9.17) is 4.74 Å². The number of nitrogens with one attached hydrogen (secondary N) is 2. The molecule has 1 aromatic rings. The summed E-state index contributed by atoms with van der Waals surface area (Å²) in [4.78, 5) is 0. The topological polar surface area (TPSA) is 33.3 Å².